The summed E-state index contributed by atoms with van der Waals surface area (Å²) >= 11 is 6.60. The van der Waals surface area contributed by atoms with Crippen LogP contribution in [-0.2, 0) is 0 Å². The Hall–Kier alpha value is -1.08. The summed E-state index contributed by atoms with van der Waals surface area (Å²) in [6, 6.07) is 0. The summed E-state index contributed by atoms with van der Waals surface area (Å²) in [5.74, 6) is 0.439. The lowest BCUT2D eigenvalue weighted by atomic mass is 10.8. The topological polar surface area (TPSA) is 91.8 Å². The Balaban J connectivity index is 3.01. The van der Waals surface area contributed by atoms with Crippen molar-refractivity contribution in [1.29, 1.82) is 5.41 Å². The highest BCUT2D eigenvalue weighted by Crippen LogP contribution is 2.16. The summed E-state index contributed by atoms with van der Waals surface area (Å²) in [4.78, 5) is 13.4. The van der Waals surface area contributed by atoms with Crippen molar-refractivity contribution < 1.29 is 0 Å². The standard InChI is InChI=1S/C6H9ClN6S/c1-13(2)5-10-3(7)11-6(12-5)14-4(8)9/h1-2H3,(H3,8,9). The SMILES string of the molecule is CN(C)c1nc(Cl)nc(SC(=N)N)n1. The maximum atomic E-state index is 7.06. The fourth-order valence-electron chi connectivity index (χ4n) is 0.666. The smallest absolute Gasteiger partial charge is 0.230 e. The molecule has 0 saturated heterocycles. The first-order chi connectivity index (χ1) is 6.49. The molecule has 1 aromatic rings. The van der Waals surface area contributed by atoms with E-state index in [1.165, 1.54) is 0 Å². The van der Waals surface area contributed by atoms with Crippen molar-refractivity contribution in [2.24, 2.45) is 5.73 Å². The minimum atomic E-state index is -0.0861. The van der Waals surface area contributed by atoms with Crippen molar-refractivity contribution in [3.63, 3.8) is 0 Å². The van der Waals surface area contributed by atoms with Gasteiger partial charge in [0.05, 0.1) is 0 Å². The van der Waals surface area contributed by atoms with E-state index in [1.807, 2.05) is 0 Å². The lowest BCUT2D eigenvalue weighted by molar-refractivity contribution is 0.868. The second-order valence-corrected chi connectivity index (χ2v) is 3.89. The van der Waals surface area contributed by atoms with Gasteiger partial charge in [0.1, 0.15) is 0 Å². The average molecular weight is 233 g/mol. The van der Waals surface area contributed by atoms with Crippen molar-refractivity contribution in [3.05, 3.63) is 5.28 Å². The number of aromatic nitrogens is 3. The molecule has 0 unspecified atom stereocenters. The molecule has 14 heavy (non-hydrogen) atoms. The first-order valence-electron chi connectivity index (χ1n) is 3.60. The largest absolute Gasteiger partial charge is 0.378 e. The van der Waals surface area contributed by atoms with Crippen LogP contribution in [0.25, 0.3) is 0 Å². The summed E-state index contributed by atoms with van der Waals surface area (Å²) in [6.07, 6.45) is 0. The third-order valence-corrected chi connectivity index (χ3v) is 1.93. The number of anilines is 1. The molecule has 1 heterocycles. The van der Waals surface area contributed by atoms with Crippen LogP contribution in [-0.4, -0.2) is 34.2 Å². The van der Waals surface area contributed by atoms with E-state index in [0.717, 1.165) is 11.8 Å². The molecule has 8 heteroatoms. The van der Waals surface area contributed by atoms with E-state index in [0.29, 0.717) is 11.1 Å². The van der Waals surface area contributed by atoms with Crippen LogP contribution >= 0.6 is 23.4 Å². The number of rotatable bonds is 2. The van der Waals surface area contributed by atoms with E-state index in [1.54, 1.807) is 19.0 Å². The molecule has 0 aromatic carbocycles. The van der Waals surface area contributed by atoms with Crippen LogP contribution in [0.1, 0.15) is 0 Å². The van der Waals surface area contributed by atoms with Crippen molar-refractivity contribution in [1.82, 2.24) is 15.0 Å². The first kappa shape index (κ1) is 11.0. The zero-order chi connectivity index (χ0) is 10.7. The van der Waals surface area contributed by atoms with Gasteiger partial charge in [0.15, 0.2) is 5.17 Å². The Labute approximate surface area is 90.4 Å². The van der Waals surface area contributed by atoms with Crippen LogP contribution in [0, 0.1) is 5.41 Å². The molecule has 1 aromatic heterocycles. The minimum Gasteiger partial charge on any atom is -0.378 e. The molecule has 0 amide bonds. The normalized spacial score (nSPS) is 9.93. The fraction of sp³-hybridized carbons (Fsp3) is 0.333. The molecule has 0 atom stereocenters. The molecule has 3 N–H and O–H groups in total. The Kier molecular flexibility index (Phi) is 3.48. The maximum Gasteiger partial charge on any atom is 0.230 e. The van der Waals surface area contributed by atoms with Gasteiger partial charge in [-0.3, -0.25) is 5.41 Å². The Bertz CT molecular complexity index is 354. The van der Waals surface area contributed by atoms with E-state index in [4.69, 9.17) is 22.7 Å². The van der Waals surface area contributed by atoms with Gasteiger partial charge in [0, 0.05) is 14.1 Å². The first-order valence-corrected chi connectivity index (χ1v) is 4.79. The quantitative estimate of drug-likeness (QED) is 0.440. The highest BCUT2D eigenvalue weighted by molar-refractivity contribution is 8.13. The molecule has 0 aliphatic heterocycles. The number of nitrogens with one attached hydrogen (secondary N) is 1. The van der Waals surface area contributed by atoms with E-state index in [9.17, 15) is 0 Å². The number of amidine groups is 1. The summed E-state index contributed by atoms with van der Waals surface area (Å²) in [7, 11) is 3.57. The minimum absolute atomic E-state index is 0.0861. The van der Waals surface area contributed by atoms with Gasteiger partial charge in [-0.05, 0) is 23.4 Å². The number of hydrogen-bond donors (Lipinski definition) is 2. The number of thioether (sulfide) groups is 1. The highest BCUT2D eigenvalue weighted by Gasteiger charge is 2.07. The van der Waals surface area contributed by atoms with Crippen LogP contribution in [0.5, 0.6) is 0 Å². The Morgan fingerprint density at radius 3 is 2.57 bits per heavy atom. The Morgan fingerprint density at radius 1 is 1.43 bits per heavy atom. The van der Waals surface area contributed by atoms with Gasteiger partial charge < -0.3 is 10.6 Å². The zero-order valence-corrected chi connectivity index (χ0v) is 9.22. The van der Waals surface area contributed by atoms with Crippen molar-refractivity contribution in [2.45, 2.75) is 5.16 Å². The van der Waals surface area contributed by atoms with E-state index in [2.05, 4.69) is 15.0 Å². The molecule has 0 spiro atoms. The second kappa shape index (κ2) is 4.43. The molecule has 6 nitrogen and oxygen atoms in total. The van der Waals surface area contributed by atoms with Crippen LogP contribution < -0.4 is 10.6 Å². The molecule has 0 aliphatic carbocycles. The molecule has 0 aliphatic rings. The maximum absolute atomic E-state index is 7.06. The van der Waals surface area contributed by atoms with Gasteiger partial charge in [-0.15, -0.1) is 0 Å². The fourth-order valence-corrected chi connectivity index (χ4v) is 1.33. The predicted molar refractivity (Wildman–Crippen MR) is 56.9 cm³/mol. The second-order valence-electron chi connectivity index (χ2n) is 2.55. The third-order valence-electron chi connectivity index (χ3n) is 1.18. The number of nitrogens with zero attached hydrogens (tertiary/aromatic N) is 4. The highest BCUT2D eigenvalue weighted by atomic mass is 35.5. The van der Waals surface area contributed by atoms with Gasteiger partial charge in [-0.25, -0.2) is 0 Å². The summed E-state index contributed by atoms with van der Waals surface area (Å²) in [5.41, 5.74) is 5.19. The van der Waals surface area contributed by atoms with Crippen LogP contribution in [0.3, 0.4) is 0 Å². The lowest BCUT2D eigenvalue weighted by Gasteiger charge is -2.10. The molecule has 0 saturated carbocycles. The molecular formula is C6H9ClN6S. The van der Waals surface area contributed by atoms with Crippen LogP contribution in [0.4, 0.5) is 5.95 Å². The van der Waals surface area contributed by atoms with E-state index >= 15 is 0 Å². The lowest BCUT2D eigenvalue weighted by Crippen LogP contribution is -2.14. The molecule has 76 valence electrons. The summed E-state index contributed by atoms with van der Waals surface area (Å²) < 4.78 is 0. The van der Waals surface area contributed by atoms with Gasteiger partial charge in [-0.1, -0.05) is 0 Å². The third kappa shape index (κ3) is 3.00. The Morgan fingerprint density at radius 2 is 2.07 bits per heavy atom. The average Bonchev–Trinajstić information content (AvgIpc) is 2.01. The predicted octanol–water partition coefficient (Wildman–Crippen LogP) is 0.577. The van der Waals surface area contributed by atoms with Gasteiger partial charge in [-0.2, -0.15) is 15.0 Å². The van der Waals surface area contributed by atoms with E-state index < -0.39 is 0 Å². The van der Waals surface area contributed by atoms with Gasteiger partial charge in [0.2, 0.25) is 16.4 Å². The molecule has 0 bridgehead atoms. The molecule has 0 radical (unpaired) electrons. The molecule has 1 rings (SSSR count). The monoisotopic (exact) mass is 232 g/mol. The number of hydrogen-bond acceptors (Lipinski definition) is 6. The number of halogens is 1. The summed E-state index contributed by atoms with van der Waals surface area (Å²) in [5, 5.41) is 7.39. The number of nitrogens with two attached hydrogens (primary N) is 1. The molecule has 0 fully saturated rings. The van der Waals surface area contributed by atoms with Crippen molar-refractivity contribution >= 4 is 34.5 Å². The summed E-state index contributed by atoms with van der Waals surface area (Å²) in [6.45, 7) is 0. The van der Waals surface area contributed by atoms with E-state index in [-0.39, 0.29) is 10.5 Å². The van der Waals surface area contributed by atoms with Crippen LogP contribution in [0.15, 0.2) is 5.16 Å². The van der Waals surface area contributed by atoms with Gasteiger partial charge >= 0.3 is 0 Å². The van der Waals surface area contributed by atoms with Crippen molar-refractivity contribution in [3.8, 4) is 0 Å². The molecular weight excluding hydrogens is 224 g/mol. The van der Waals surface area contributed by atoms with Crippen LogP contribution in [0.2, 0.25) is 5.28 Å². The van der Waals surface area contributed by atoms with Gasteiger partial charge in [0.25, 0.3) is 0 Å². The zero-order valence-electron chi connectivity index (χ0n) is 7.65. The van der Waals surface area contributed by atoms with Crippen molar-refractivity contribution in [2.75, 3.05) is 19.0 Å².